The van der Waals surface area contributed by atoms with Gasteiger partial charge in [0.1, 0.15) is 0 Å². The average Bonchev–Trinajstić information content (AvgIpc) is 2.35. The molecule has 0 radical (unpaired) electrons. The van der Waals surface area contributed by atoms with Crippen LogP contribution < -0.4 is 10.2 Å². The predicted molar refractivity (Wildman–Crippen MR) is 87.3 cm³/mol. The number of aryl methyl sites for hydroxylation is 1. The standard InChI is InChI=1S/C16H21BrN2O2/c1-11-6-7-14(10-15(11)17)19(12(2)20)9-8-18-16(21)13-4-3-5-13/h6-7,10,13H,3-5,8-9H2,1-2H3,(H,18,21). The van der Waals surface area contributed by atoms with E-state index in [1.54, 1.807) is 11.8 Å². The summed E-state index contributed by atoms with van der Waals surface area (Å²) >= 11 is 3.48. The lowest BCUT2D eigenvalue weighted by Gasteiger charge is -2.26. The first-order valence-corrected chi connectivity index (χ1v) is 8.10. The Balaban J connectivity index is 1.93. The molecule has 1 fully saturated rings. The summed E-state index contributed by atoms with van der Waals surface area (Å²) in [6.07, 6.45) is 3.13. The first kappa shape index (κ1) is 16.0. The average molecular weight is 353 g/mol. The van der Waals surface area contributed by atoms with Crippen LogP contribution in [0, 0.1) is 12.8 Å². The summed E-state index contributed by atoms with van der Waals surface area (Å²) in [5.74, 6) is 0.280. The van der Waals surface area contributed by atoms with Crippen LogP contribution in [0.4, 0.5) is 5.69 Å². The van der Waals surface area contributed by atoms with Gasteiger partial charge in [-0.25, -0.2) is 0 Å². The number of hydrogen-bond acceptors (Lipinski definition) is 2. The maximum atomic E-state index is 11.8. The summed E-state index contributed by atoms with van der Waals surface area (Å²) in [6.45, 7) is 4.52. The SMILES string of the molecule is CC(=O)N(CCNC(=O)C1CCC1)c1ccc(C)c(Br)c1. The van der Waals surface area contributed by atoms with Gasteiger partial charge in [-0.2, -0.15) is 0 Å². The van der Waals surface area contributed by atoms with Crippen molar-refractivity contribution in [2.24, 2.45) is 5.92 Å². The van der Waals surface area contributed by atoms with Crippen molar-refractivity contribution in [3.8, 4) is 0 Å². The lowest BCUT2D eigenvalue weighted by molar-refractivity contribution is -0.127. The van der Waals surface area contributed by atoms with Crippen LogP contribution in [-0.2, 0) is 9.59 Å². The van der Waals surface area contributed by atoms with Crippen LogP contribution in [0.25, 0.3) is 0 Å². The molecule has 2 amide bonds. The molecule has 4 nitrogen and oxygen atoms in total. The number of hydrogen-bond donors (Lipinski definition) is 1. The highest BCUT2D eigenvalue weighted by molar-refractivity contribution is 9.10. The van der Waals surface area contributed by atoms with Gasteiger partial charge in [0.05, 0.1) is 0 Å². The normalized spacial score (nSPS) is 14.4. The zero-order valence-corrected chi connectivity index (χ0v) is 14.1. The molecule has 0 atom stereocenters. The molecule has 1 aliphatic rings. The quantitative estimate of drug-likeness (QED) is 0.885. The van der Waals surface area contributed by atoms with Crippen molar-refractivity contribution in [2.45, 2.75) is 33.1 Å². The van der Waals surface area contributed by atoms with Crippen LogP contribution >= 0.6 is 15.9 Å². The van der Waals surface area contributed by atoms with Crippen molar-refractivity contribution in [1.29, 1.82) is 0 Å². The minimum absolute atomic E-state index is 0.0244. The summed E-state index contributed by atoms with van der Waals surface area (Å²) in [7, 11) is 0. The van der Waals surface area contributed by atoms with E-state index in [0.29, 0.717) is 13.1 Å². The topological polar surface area (TPSA) is 49.4 Å². The molecule has 1 aromatic carbocycles. The van der Waals surface area contributed by atoms with Gasteiger partial charge in [0.2, 0.25) is 11.8 Å². The summed E-state index contributed by atoms with van der Waals surface area (Å²) in [4.78, 5) is 25.3. The zero-order valence-electron chi connectivity index (χ0n) is 12.5. The molecule has 0 unspecified atom stereocenters. The third-order valence-electron chi connectivity index (χ3n) is 3.96. The molecule has 0 aliphatic heterocycles. The fourth-order valence-corrected chi connectivity index (χ4v) is 2.69. The largest absolute Gasteiger partial charge is 0.354 e. The number of nitrogens with one attached hydrogen (secondary N) is 1. The molecule has 0 bridgehead atoms. The van der Waals surface area contributed by atoms with Crippen molar-refractivity contribution >= 4 is 33.4 Å². The van der Waals surface area contributed by atoms with Gasteiger partial charge in [0, 0.05) is 36.1 Å². The monoisotopic (exact) mass is 352 g/mol. The van der Waals surface area contributed by atoms with E-state index in [-0.39, 0.29) is 17.7 Å². The Bertz CT molecular complexity index is 541. The van der Waals surface area contributed by atoms with Gasteiger partial charge < -0.3 is 10.2 Å². The molecule has 1 N–H and O–H groups in total. The van der Waals surface area contributed by atoms with Crippen LogP contribution in [0.3, 0.4) is 0 Å². The lowest BCUT2D eigenvalue weighted by atomic mass is 9.85. The number of carbonyl (C=O) groups excluding carboxylic acids is 2. The predicted octanol–water partition coefficient (Wildman–Crippen LogP) is 3.03. The minimum Gasteiger partial charge on any atom is -0.354 e. The van der Waals surface area contributed by atoms with Crippen molar-refractivity contribution < 1.29 is 9.59 Å². The highest BCUT2D eigenvalue weighted by Gasteiger charge is 2.24. The van der Waals surface area contributed by atoms with Gasteiger partial charge in [-0.05, 0) is 37.5 Å². The Labute approximate surface area is 134 Å². The zero-order chi connectivity index (χ0) is 15.4. The van der Waals surface area contributed by atoms with Crippen LogP contribution in [0.2, 0.25) is 0 Å². The number of carbonyl (C=O) groups is 2. The van der Waals surface area contributed by atoms with Crippen LogP contribution in [0.15, 0.2) is 22.7 Å². The number of halogens is 1. The number of nitrogens with zero attached hydrogens (tertiary/aromatic N) is 1. The van der Waals surface area contributed by atoms with Crippen molar-refractivity contribution in [2.75, 3.05) is 18.0 Å². The Morgan fingerprint density at radius 1 is 1.38 bits per heavy atom. The Morgan fingerprint density at radius 2 is 2.10 bits per heavy atom. The van der Waals surface area contributed by atoms with E-state index in [4.69, 9.17) is 0 Å². The molecular formula is C16H21BrN2O2. The molecule has 0 aromatic heterocycles. The molecule has 0 spiro atoms. The molecule has 5 heteroatoms. The summed E-state index contributed by atoms with van der Waals surface area (Å²) in [6, 6.07) is 5.84. The van der Waals surface area contributed by atoms with Crippen molar-refractivity contribution in [1.82, 2.24) is 5.32 Å². The van der Waals surface area contributed by atoms with Crippen LogP contribution in [0.5, 0.6) is 0 Å². The Kier molecular flexibility index (Phi) is 5.39. The van der Waals surface area contributed by atoms with Gasteiger partial charge in [0.15, 0.2) is 0 Å². The minimum atomic E-state index is -0.0244. The maximum absolute atomic E-state index is 11.8. The van der Waals surface area contributed by atoms with Gasteiger partial charge >= 0.3 is 0 Å². The Morgan fingerprint density at radius 3 is 2.62 bits per heavy atom. The molecule has 1 saturated carbocycles. The number of rotatable bonds is 5. The second kappa shape index (κ2) is 7.07. The van der Waals surface area contributed by atoms with E-state index >= 15 is 0 Å². The fourth-order valence-electron chi connectivity index (χ4n) is 2.32. The molecule has 0 heterocycles. The van der Waals surface area contributed by atoms with E-state index in [2.05, 4.69) is 21.2 Å². The van der Waals surface area contributed by atoms with Gasteiger partial charge in [-0.15, -0.1) is 0 Å². The van der Waals surface area contributed by atoms with E-state index < -0.39 is 0 Å². The first-order chi connectivity index (χ1) is 9.99. The molecule has 2 rings (SSSR count). The molecule has 0 saturated heterocycles. The number of benzene rings is 1. The Hall–Kier alpha value is -1.36. The van der Waals surface area contributed by atoms with E-state index in [9.17, 15) is 9.59 Å². The summed E-state index contributed by atoms with van der Waals surface area (Å²) in [5.41, 5.74) is 1.97. The third-order valence-corrected chi connectivity index (χ3v) is 4.81. The summed E-state index contributed by atoms with van der Waals surface area (Å²) < 4.78 is 0.977. The third kappa shape index (κ3) is 4.06. The second-order valence-corrected chi connectivity index (χ2v) is 6.38. The van der Waals surface area contributed by atoms with E-state index in [1.807, 2.05) is 25.1 Å². The van der Waals surface area contributed by atoms with Crippen LogP contribution in [-0.4, -0.2) is 24.9 Å². The number of anilines is 1. The smallest absolute Gasteiger partial charge is 0.223 e. The molecule has 114 valence electrons. The maximum Gasteiger partial charge on any atom is 0.223 e. The van der Waals surface area contributed by atoms with Crippen LogP contribution in [0.1, 0.15) is 31.7 Å². The molecule has 21 heavy (non-hydrogen) atoms. The van der Waals surface area contributed by atoms with Gasteiger partial charge in [-0.1, -0.05) is 28.4 Å². The molecule has 1 aliphatic carbocycles. The second-order valence-electron chi connectivity index (χ2n) is 5.52. The van der Waals surface area contributed by atoms with Crippen molar-refractivity contribution in [3.05, 3.63) is 28.2 Å². The highest BCUT2D eigenvalue weighted by atomic mass is 79.9. The molecule has 1 aromatic rings. The summed E-state index contributed by atoms with van der Waals surface area (Å²) in [5, 5.41) is 2.92. The van der Waals surface area contributed by atoms with E-state index in [0.717, 1.165) is 35.0 Å². The molecular weight excluding hydrogens is 332 g/mol. The first-order valence-electron chi connectivity index (χ1n) is 7.31. The highest BCUT2D eigenvalue weighted by Crippen LogP contribution is 2.26. The van der Waals surface area contributed by atoms with E-state index in [1.165, 1.54) is 0 Å². The number of amides is 2. The fraction of sp³-hybridized carbons (Fsp3) is 0.500. The van der Waals surface area contributed by atoms with Gasteiger partial charge in [-0.3, -0.25) is 9.59 Å². The lowest BCUT2D eigenvalue weighted by Crippen LogP contribution is -2.41. The van der Waals surface area contributed by atoms with Gasteiger partial charge in [0.25, 0.3) is 0 Å². The van der Waals surface area contributed by atoms with Crippen molar-refractivity contribution in [3.63, 3.8) is 0 Å².